The number of benzene rings is 1. The van der Waals surface area contributed by atoms with Gasteiger partial charge in [0.2, 0.25) is 0 Å². The number of pyridine rings is 1. The van der Waals surface area contributed by atoms with Gasteiger partial charge in [-0.15, -0.1) is 0 Å². The number of aromatic nitrogens is 1. The van der Waals surface area contributed by atoms with E-state index in [2.05, 4.69) is 20.9 Å². The molecule has 0 aliphatic carbocycles. The summed E-state index contributed by atoms with van der Waals surface area (Å²) in [6.45, 7) is 1.45. The fraction of sp³-hybridized carbons (Fsp3) is 0.333. The van der Waals surface area contributed by atoms with Gasteiger partial charge in [0.05, 0.1) is 17.6 Å². The highest BCUT2D eigenvalue weighted by atomic mass is 79.9. The minimum absolute atomic E-state index is 0.235. The topological polar surface area (TPSA) is 33.2 Å². The molecular weight excluding hydrogens is 342 g/mol. The minimum Gasteiger partial charge on any atom is -0.332 e. The summed E-state index contributed by atoms with van der Waals surface area (Å²) < 4.78 is 25.3. The number of carbonyl (C=O) groups is 1. The summed E-state index contributed by atoms with van der Waals surface area (Å²) >= 11 is 3.19. The Balaban J connectivity index is 2.45. The number of halogens is 3. The lowest BCUT2D eigenvalue weighted by atomic mass is 10.1. The van der Waals surface area contributed by atoms with Crippen molar-refractivity contribution >= 4 is 32.7 Å². The minimum atomic E-state index is -2.55. The molecule has 6 heteroatoms. The van der Waals surface area contributed by atoms with Crippen LogP contribution in [0.15, 0.2) is 30.3 Å². The summed E-state index contributed by atoms with van der Waals surface area (Å²) in [6.07, 6.45) is -2.55. The molecule has 0 saturated carbocycles. The van der Waals surface area contributed by atoms with Gasteiger partial charge < -0.3 is 4.90 Å². The Morgan fingerprint density at radius 1 is 1.38 bits per heavy atom. The van der Waals surface area contributed by atoms with Gasteiger partial charge in [-0.2, -0.15) is 0 Å². The number of carbonyl (C=O) groups excluding carboxylic acids is 1. The Morgan fingerprint density at radius 3 is 2.76 bits per heavy atom. The van der Waals surface area contributed by atoms with Crippen LogP contribution in [0.4, 0.5) is 8.78 Å². The van der Waals surface area contributed by atoms with Crippen LogP contribution in [0.5, 0.6) is 0 Å². The molecule has 0 N–H and O–H groups in total. The zero-order chi connectivity index (χ0) is 15.4. The van der Waals surface area contributed by atoms with Gasteiger partial charge in [-0.25, -0.2) is 8.78 Å². The lowest BCUT2D eigenvalue weighted by Gasteiger charge is -2.22. The van der Waals surface area contributed by atoms with Crippen LogP contribution in [0, 0.1) is 6.92 Å². The van der Waals surface area contributed by atoms with Crippen molar-refractivity contribution in [3.8, 4) is 0 Å². The highest BCUT2D eigenvalue weighted by Crippen LogP contribution is 2.20. The van der Waals surface area contributed by atoms with E-state index < -0.39 is 18.9 Å². The van der Waals surface area contributed by atoms with Crippen LogP contribution in [0.1, 0.15) is 16.1 Å². The van der Waals surface area contributed by atoms with Gasteiger partial charge in [-0.3, -0.25) is 9.78 Å². The molecule has 1 heterocycles. The highest BCUT2D eigenvalue weighted by Gasteiger charge is 2.21. The van der Waals surface area contributed by atoms with Crippen LogP contribution in [0.2, 0.25) is 0 Å². The maximum absolute atomic E-state index is 12.7. The third-order valence-electron chi connectivity index (χ3n) is 3.07. The Bertz CT molecular complexity index is 649. The van der Waals surface area contributed by atoms with Crippen LogP contribution in [-0.2, 0) is 0 Å². The third kappa shape index (κ3) is 3.75. The number of hydrogen-bond donors (Lipinski definition) is 0. The second-order valence-electron chi connectivity index (χ2n) is 4.66. The molecule has 0 saturated heterocycles. The van der Waals surface area contributed by atoms with Crippen molar-refractivity contribution in [2.75, 3.05) is 18.4 Å². The maximum atomic E-state index is 12.7. The van der Waals surface area contributed by atoms with E-state index in [0.29, 0.717) is 27.5 Å². The molecular formula is C15H15BrF2N2O. The molecule has 3 nitrogen and oxygen atoms in total. The molecule has 2 aromatic rings. The van der Waals surface area contributed by atoms with E-state index in [1.54, 1.807) is 31.2 Å². The van der Waals surface area contributed by atoms with Crippen molar-refractivity contribution in [2.24, 2.45) is 0 Å². The molecule has 0 spiro atoms. The molecule has 1 aromatic heterocycles. The molecule has 0 fully saturated rings. The van der Waals surface area contributed by atoms with Crippen molar-refractivity contribution in [1.29, 1.82) is 0 Å². The summed E-state index contributed by atoms with van der Waals surface area (Å²) in [4.78, 5) is 18.1. The van der Waals surface area contributed by atoms with Crippen LogP contribution < -0.4 is 0 Å². The summed E-state index contributed by atoms with van der Waals surface area (Å²) in [5.74, 6) is -0.392. The highest BCUT2D eigenvalue weighted by molar-refractivity contribution is 9.09. The SMILES string of the molecule is Cc1cc(C(=O)N(CCBr)CC(F)F)c2ccccc2n1. The van der Waals surface area contributed by atoms with Crippen molar-refractivity contribution < 1.29 is 13.6 Å². The van der Waals surface area contributed by atoms with Gasteiger partial charge in [0, 0.05) is 23.0 Å². The van der Waals surface area contributed by atoms with E-state index in [4.69, 9.17) is 0 Å². The monoisotopic (exact) mass is 356 g/mol. The number of alkyl halides is 3. The first-order chi connectivity index (χ1) is 10.0. The summed E-state index contributed by atoms with van der Waals surface area (Å²) in [7, 11) is 0. The largest absolute Gasteiger partial charge is 0.332 e. The number of para-hydroxylation sites is 1. The van der Waals surface area contributed by atoms with Gasteiger partial charge >= 0.3 is 0 Å². The van der Waals surface area contributed by atoms with E-state index in [-0.39, 0.29) is 6.54 Å². The van der Waals surface area contributed by atoms with Gasteiger partial charge in [0.15, 0.2) is 0 Å². The second-order valence-corrected chi connectivity index (χ2v) is 5.45. The standard InChI is InChI=1S/C15H15BrF2N2O/c1-10-8-12(11-4-2-3-5-13(11)19-10)15(21)20(7-6-16)9-14(17)18/h2-5,8,14H,6-7,9H2,1H3. The smallest absolute Gasteiger partial charge is 0.255 e. The van der Waals surface area contributed by atoms with Crippen LogP contribution in [0.3, 0.4) is 0 Å². The number of amides is 1. The van der Waals surface area contributed by atoms with Crippen LogP contribution >= 0.6 is 15.9 Å². The Morgan fingerprint density at radius 2 is 2.10 bits per heavy atom. The van der Waals surface area contributed by atoms with Crippen molar-refractivity contribution in [1.82, 2.24) is 9.88 Å². The zero-order valence-electron chi connectivity index (χ0n) is 11.5. The summed E-state index contributed by atoms with van der Waals surface area (Å²) in [5.41, 5.74) is 1.80. The first kappa shape index (κ1) is 15.8. The normalized spacial score (nSPS) is 11.1. The molecule has 0 atom stereocenters. The maximum Gasteiger partial charge on any atom is 0.255 e. The average Bonchev–Trinajstić information content (AvgIpc) is 2.44. The molecule has 0 unspecified atom stereocenters. The molecule has 21 heavy (non-hydrogen) atoms. The number of nitrogens with zero attached hydrogens (tertiary/aromatic N) is 2. The summed E-state index contributed by atoms with van der Waals surface area (Å²) in [6, 6.07) is 8.87. The number of hydrogen-bond acceptors (Lipinski definition) is 2. The van der Waals surface area contributed by atoms with Crippen molar-refractivity contribution in [3.63, 3.8) is 0 Å². The molecule has 0 aliphatic heterocycles. The number of rotatable bonds is 5. The van der Waals surface area contributed by atoms with E-state index in [1.165, 1.54) is 4.90 Å². The summed E-state index contributed by atoms with van der Waals surface area (Å²) in [5, 5.41) is 1.13. The number of aryl methyl sites for hydroxylation is 1. The predicted molar refractivity (Wildman–Crippen MR) is 82.2 cm³/mol. The lowest BCUT2D eigenvalue weighted by Crippen LogP contribution is -2.36. The average molecular weight is 357 g/mol. The fourth-order valence-electron chi connectivity index (χ4n) is 2.20. The van der Waals surface area contributed by atoms with Gasteiger partial charge in [0.25, 0.3) is 12.3 Å². The molecule has 1 aromatic carbocycles. The quantitative estimate of drug-likeness (QED) is 0.766. The Hall–Kier alpha value is -1.56. The van der Waals surface area contributed by atoms with Crippen LogP contribution in [-0.4, -0.2) is 40.6 Å². The third-order valence-corrected chi connectivity index (χ3v) is 3.43. The van der Waals surface area contributed by atoms with E-state index in [0.717, 1.165) is 0 Å². The van der Waals surface area contributed by atoms with E-state index in [9.17, 15) is 13.6 Å². The molecule has 0 aliphatic rings. The van der Waals surface area contributed by atoms with Crippen molar-refractivity contribution in [3.05, 3.63) is 41.6 Å². The zero-order valence-corrected chi connectivity index (χ0v) is 13.1. The fourth-order valence-corrected chi connectivity index (χ4v) is 2.63. The first-order valence-corrected chi connectivity index (χ1v) is 7.65. The van der Waals surface area contributed by atoms with Gasteiger partial charge in [0.1, 0.15) is 0 Å². The van der Waals surface area contributed by atoms with Gasteiger partial charge in [-0.1, -0.05) is 34.1 Å². The molecule has 0 bridgehead atoms. The first-order valence-electron chi connectivity index (χ1n) is 6.52. The second kappa shape index (κ2) is 6.93. The molecule has 1 amide bonds. The van der Waals surface area contributed by atoms with E-state index in [1.807, 2.05) is 6.07 Å². The molecule has 112 valence electrons. The molecule has 2 rings (SSSR count). The number of fused-ring (bicyclic) bond motifs is 1. The molecule has 0 radical (unpaired) electrons. The Kier molecular flexibility index (Phi) is 5.22. The van der Waals surface area contributed by atoms with Gasteiger partial charge in [-0.05, 0) is 19.1 Å². The predicted octanol–water partition coefficient (Wildman–Crippen LogP) is 3.65. The lowest BCUT2D eigenvalue weighted by molar-refractivity contribution is 0.0574. The van der Waals surface area contributed by atoms with Crippen molar-refractivity contribution in [2.45, 2.75) is 13.3 Å². The van der Waals surface area contributed by atoms with Crippen LogP contribution in [0.25, 0.3) is 10.9 Å². The van der Waals surface area contributed by atoms with E-state index >= 15 is 0 Å². The Labute approximate surface area is 130 Å².